The molecule has 1 N–H and O–H groups in total. The third-order valence-corrected chi connectivity index (χ3v) is 3.22. The molecule has 3 heteroatoms. The lowest BCUT2D eigenvalue weighted by molar-refractivity contribution is -0.146. The average molecular weight is 257 g/mol. The van der Waals surface area contributed by atoms with Crippen molar-refractivity contribution in [3.8, 4) is 0 Å². The van der Waals surface area contributed by atoms with Crippen LogP contribution in [0.15, 0.2) is 0 Å². The molecule has 0 aromatic heterocycles. The van der Waals surface area contributed by atoms with Crippen molar-refractivity contribution in [1.82, 2.24) is 4.90 Å². The van der Waals surface area contributed by atoms with Crippen molar-refractivity contribution in [3.63, 3.8) is 0 Å². The van der Waals surface area contributed by atoms with E-state index in [1.54, 1.807) is 4.90 Å². The zero-order chi connectivity index (χ0) is 14.7. The lowest BCUT2D eigenvalue weighted by atomic mass is 9.71. The second-order valence-corrected chi connectivity index (χ2v) is 7.73. The number of hydrogen-bond acceptors (Lipinski definition) is 2. The van der Waals surface area contributed by atoms with Crippen molar-refractivity contribution in [3.05, 3.63) is 0 Å². The largest absolute Gasteiger partial charge is 0.376 e. The molecule has 0 aliphatic carbocycles. The standard InChI is InChI=1S/C15H31NO2/c1-11(2)16(10-17)13(18)12(15(6,7)8)9-14(3,4)5/h11-12,17H,9-10H2,1-8H3. The van der Waals surface area contributed by atoms with Crippen LogP contribution < -0.4 is 0 Å². The normalized spacial score (nSPS) is 14.8. The number of amides is 1. The van der Waals surface area contributed by atoms with E-state index in [2.05, 4.69) is 41.5 Å². The molecule has 108 valence electrons. The highest BCUT2D eigenvalue weighted by Gasteiger charge is 2.37. The Morgan fingerprint density at radius 2 is 1.56 bits per heavy atom. The van der Waals surface area contributed by atoms with Crippen molar-refractivity contribution < 1.29 is 9.90 Å². The third-order valence-electron chi connectivity index (χ3n) is 3.22. The number of hydrogen-bond donors (Lipinski definition) is 1. The Kier molecular flexibility index (Phi) is 5.86. The van der Waals surface area contributed by atoms with Crippen LogP contribution >= 0.6 is 0 Å². The van der Waals surface area contributed by atoms with Crippen LogP contribution in [0.3, 0.4) is 0 Å². The smallest absolute Gasteiger partial charge is 0.228 e. The van der Waals surface area contributed by atoms with Gasteiger partial charge in [0.15, 0.2) is 0 Å². The molecule has 0 aromatic carbocycles. The summed E-state index contributed by atoms with van der Waals surface area (Å²) >= 11 is 0. The van der Waals surface area contributed by atoms with Gasteiger partial charge in [-0.1, -0.05) is 41.5 Å². The minimum Gasteiger partial charge on any atom is -0.376 e. The summed E-state index contributed by atoms with van der Waals surface area (Å²) in [6.07, 6.45) is 0.832. The molecule has 0 aliphatic rings. The summed E-state index contributed by atoms with van der Waals surface area (Å²) in [5.41, 5.74) is 0.0123. The van der Waals surface area contributed by atoms with Gasteiger partial charge in [-0.3, -0.25) is 4.79 Å². The lowest BCUT2D eigenvalue weighted by Crippen LogP contribution is -2.46. The number of aliphatic hydroxyl groups is 1. The summed E-state index contributed by atoms with van der Waals surface area (Å²) in [4.78, 5) is 14.2. The Balaban J connectivity index is 5.15. The van der Waals surface area contributed by atoms with Gasteiger partial charge in [0, 0.05) is 12.0 Å². The number of carbonyl (C=O) groups is 1. The zero-order valence-corrected chi connectivity index (χ0v) is 13.4. The molecule has 0 saturated carbocycles. The summed E-state index contributed by atoms with van der Waals surface area (Å²) in [7, 11) is 0. The van der Waals surface area contributed by atoms with Crippen molar-refractivity contribution in [2.75, 3.05) is 6.73 Å². The Bertz CT molecular complexity index is 271. The first-order valence-electron chi connectivity index (χ1n) is 6.81. The monoisotopic (exact) mass is 257 g/mol. The van der Waals surface area contributed by atoms with Gasteiger partial charge in [-0.05, 0) is 31.1 Å². The molecular weight excluding hydrogens is 226 g/mol. The number of rotatable bonds is 4. The fourth-order valence-electron chi connectivity index (χ4n) is 2.06. The molecule has 0 rings (SSSR count). The van der Waals surface area contributed by atoms with E-state index in [-0.39, 0.29) is 35.4 Å². The maximum atomic E-state index is 12.6. The van der Waals surface area contributed by atoms with Crippen LogP contribution in [0.1, 0.15) is 61.8 Å². The molecular formula is C15H31NO2. The number of aliphatic hydroxyl groups excluding tert-OH is 1. The van der Waals surface area contributed by atoms with E-state index < -0.39 is 0 Å². The van der Waals surface area contributed by atoms with E-state index in [0.29, 0.717) is 0 Å². The molecule has 3 nitrogen and oxygen atoms in total. The SMILES string of the molecule is CC(C)N(CO)C(=O)C(CC(C)(C)C)C(C)(C)C. The minimum absolute atomic E-state index is 0.0346. The van der Waals surface area contributed by atoms with Gasteiger partial charge in [-0.15, -0.1) is 0 Å². The van der Waals surface area contributed by atoms with Crippen LogP contribution in [0, 0.1) is 16.7 Å². The van der Waals surface area contributed by atoms with Crippen LogP contribution in [0.25, 0.3) is 0 Å². The molecule has 0 aromatic rings. The van der Waals surface area contributed by atoms with E-state index >= 15 is 0 Å². The highest BCUT2D eigenvalue weighted by atomic mass is 16.3. The minimum atomic E-state index is -0.201. The molecule has 0 fully saturated rings. The molecule has 0 aliphatic heterocycles. The van der Waals surface area contributed by atoms with Crippen molar-refractivity contribution in [2.24, 2.45) is 16.7 Å². The topological polar surface area (TPSA) is 40.5 Å². The molecule has 0 saturated heterocycles. The first kappa shape index (κ1) is 17.4. The van der Waals surface area contributed by atoms with E-state index in [1.165, 1.54) is 0 Å². The van der Waals surface area contributed by atoms with E-state index in [1.807, 2.05) is 13.8 Å². The van der Waals surface area contributed by atoms with E-state index in [4.69, 9.17) is 0 Å². The first-order chi connectivity index (χ1) is 7.90. The second-order valence-electron chi connectivity index (χ2n) is 7.73. The predicted octanol–water partition coefficient (Wildman–Crippen LogP) is 3.27. The summed E-state index contributed by atoms with van der Waals surface area (Å²) in [5, 5.41) is 9.38. The fraction of sp³-hybridized carbons (Fsp3) is 0.933. The van der Waals surface area contributed by atoms with Gasteiger partial charge in [0.1, 0.15) is 6.73 Å². The van der Waals surface area contributed by atoms with Gasteiger partial charge in [-0.25, -0.2) is 0 Å². The average Bonchev–Trinajstić information content (AvgIpc) is 2.11. The predicted molar refractivity (Wildman–Crippen MR) is 76.1 cm³/mol. The Hall–Kier alpha value is -0.570. The second kappa shape index (κ2) is 6.05. The van der Waals surface area contributed by atoms with Crippen LogP contribution in [0.2, 0.25) is 0 Å². The van der Waals surface area contributed by atoms with Crippen molar-refractivity contribution in [2.45, 2.75) is 67.9 Å². The first-order valence-corrected chi connectivity index (χ1v) is 6.81. The summed E-state index contributed by atoms with van der Waals surface area (Å²) in [6.45, 7) is 16.4. The van der Waals surface area contributed by atoms with Crippen molar-refractivity contribution >= 4 is 5.91 Å². The summed E-state index contributed by atoms with van der Waals surface area (Å²) in [6, 6.07) is 0.0346. The molecule has 1 unspecified atom stereocenters. The van der Waals surface area contributed by atoms with Crippen LogP contribution in [-0.2, 0) is 4.79 Å². The molecule has 0 heterocycles. The van der Waals surface area contributed by atoms with Crippen LogP contribution in [0.5, 0.6) is 0 Å². The van der Waals surface area contributed by atoms with Gasteiger partial charge < -0.3 is 10.0 Å². The fourth-order valence-corrected chi connectivity index (χ4v) is 2.06. The molecule has 1 amide bonds. The number of carbonyl (C=O) groups excluding carboxylic acids is 1. The maximum Gasteiger partial charge on any atom is 0.228 e. The lowest BCUT2D eigenvalue weighted by Gasteiger charge is -2.38. The molecule has 18 heavy (non-hydrogen) atoms. The quantitative estimate of drug-likeness (QED) is 0.785. The van der Waals surface area contributed by atoms with Gasteiger partial charge in [0.2, 0.25) is 5.91 Å². The summed E-state index contributed by atoms with van der Waals surface area (Å²) in [5.74, 6) is 0.00183. The molecule has 0 radical (unpaired) electrons. The van der Waals surface area contributed by atoms with Gasteiger partial charge in [0.25, 0.3) is 0 Å². The summed E-state index contributed by atoms with van der Waals surface area (Å²) < 4.78 is 0. The Morgan fingerprint density at radius 1 is 1.11 bits per heavy atom. The van der Waals surface area contributed by atoms with Gasteiger partial charge >= 0.3 is 0 Å². The molecule has 0 bridgehead atoms. The zero-order valence-electron chi connectivity index (χ0n) is 13.4. The van der Waals surface area contributed by atoms with Gasteiger partial charge in [0.05, 0.1) is 0 Å². The van der Waals surface area contributed by atoms with Crippen molar-refractivity contribution in [1.29, 1.82) is 0 Å². The van der Waals surface area contributed by atoms with E-state index in [0.717, 1.165) is 6.42 Å². The molecule has 0 spiro atoms. The van der Waals surface area contributed by atoms with Crippen LogP contribution in [-0.4, -0.2) is 28.7 Å². The van der Waals surface area contributed by atoms with Gasteiger partial charge in [-0.2, -0.15) is 0 Å². The van der Waals surface area contributed by atoms with Crippen LogP contribution in [0.4, 0.5) is 0 Å². The Labute approximate surface area is 113 Å². The Morgan fingerprint density at radius 3 is 1.78 bits per heavy atom. The number of nitrogens with zero attached hydrogens (tertiary/aromatic N) is 1. The van der Waals surface area contributed by atoms with E-state index in [9.17, 15) is 9.90 Å². The maximum absolute atomic E-state index is 12.6. The molecule has 1 atom stereocenters. The highest BCUT2D eigenvalue weighted by Crippen LogP contribution is 2.37. The third kappa shape index (κ3) is 5.38. The highest BCUT2D eigenvalue weighted by molar-refractivity contribution is 5.79.